The summed E-state index contributed by atoms with van der Waals surface area (Å²) in [5.74, 6) is 1.28. The molecule has 25 heavy (non-hydrogen) atoms. The van der Waals surface area contributed by atoms with Gasteiger partial charge in [-0.15, -0.1) is 10.2 Å². The number of nitrogens with zero attached hydrogens (tertiary/aromatic N) is 5. The van der Waals surface area contributed by atoms with Crippen LogP contribution in [0.2, 0.25) is 0 Å². The second kappa shape index (κ2) is 7.47. The number of hydrogen-bond donors (Lipinski definition) is 1. The van der Waals surface area contributed by atoms with Crippen LogP contribution in [0.1, 0.15) is 25.0 Å². The van der Waals surface area contributed by atoms with Gasteiger partial charge in [0.2, 0.25) is 11.7 Å². The van der Waals surface area contributed by atoms with Gasteiger partial charge in [0.1, 0.15) is 0 Å². The maximum absolute atomic E-state index is 11.3. The molecule has 0 aliphatic rings. The van der Waals surface area contributed by atoms with Crippen molar-refractivity contribution in [3.05, 3.63) is 35.4 Å². The number of carbonyl (C=O) groups is 1. The second-order valence-corrected chi connectivity index (χ2v) is 6.41. The van der Waals surface area contributed by atoms with Crippen molar-refractivity contribution in [3.63, 3.8) is 0 Å². The molecule has 8 nitrogen and oxygen atoms in total. The van der Waals surface area contributed by atoms with E-state index in [0.29, 0.717) is 18.1 Å². The quantitative estimate of drug-likeness (QED) is 0.676. The minimum absolute atomic E-state index is 0.240. The molecular formula is C16H18N6O2S. The summed E-state index contributed by atoms with van der Waals surface area (Å²) in [6.07, 6.45) is 0. The van der Waals surface area contributed by atoms with Crippen molar-refractivity contribution < 1.29 is 9.42 Å². The summed E-state index contributed by atoms with van der Waals surface area (Å²) < 4.78 is 6.67. The molecule has 9 heteroatoms. The van der Waals surface area contributed by atoms with Gasteiger partial charge in [0.05, 0.1) is 0 Å². The smallest absolute Gasteiger partial charge is 0.222 e. The molecule has 0 radical (unpaired) electrons. The molecule has 3 rings (SSSR count). The fourth-order valence-corrected chi connectivity index (χ4v) is 3.23. The monoisotopic (exact) mass is 358 g/mol. The molecule has 1 N–H and O–H groups in total. The first-order valence-corrected chi connectivity index (χ1v) is 8.79. The number of aromatic nitrogens is 5. The van der Waals surface area contributed by atoms with Crippen LogP contribution in [0.15, 0.2) is 34.1 Å². The number of aryl methyl sites for hydroxylation is 1. The van der Waals surface area contributed by atoms with Crippen molar-refractivity contribution in [2.45, 2.75) is 38.2 Å². The molecule has 1 aromatic carbocycles. The first-order chi connectivity index (χ1) is 12.1. The summed E-state index contributed by atoms with van der Waals surface area (Å²) in [7, 11) is 0. The molecule has 0 spiro atoms. The number of anilines is 1. The third-order valence-corrected chi connectivity index (χ3v) is 4.55. The molecule has 2 heterocycles. The molecule has 0 aliphatic heterocycles. The van der Waals surface area contributed by atoms with Gasteiger partial charge in [-0.3, -0.25) is 4.79 Å². The van der Waals surface area contributed by atoms with Gasteiger partial charge < -0.3 is 9.88 Å². The number of carbonyl (C=O) groups excluding carboxylic acids is 1. The zero-order chi connectivity index (χ0) is 17.8. The molecule has 0 aliphatic carbocycles. The normalized spacial score (nSPS) is 10.8. The highest BCUT2D eigenvalue weighted by atomic mass is 32.2. The zero-order valence-electron chi connectivity index (χ0n) is 14.2. The molecule has 0 saturated heterocycles. The Morgan fingerprint density at radius 1 is 1.24 bits per heavy atom. The number of amides is 1. The van der Waals surface area contributed by atoms with Crippen LogP contribution in [0.25, 0.3) is 11.5 Å². The highest BCUT2D eigenvalue weighted by Crippen LogP contribution is 2.28. The third-order valence-electron chi connectivity index (χ3n) is 3.52. The molecule has 3 aromatic rings. The fraction of sp³-hybridized carbons (Fsp3) is 0.312. The van der Waals surface area contributed by atoms with Crippen molar-refractivity contribution in [2.24, 2.45) is 0 Å². The van der Waals surface area contributed by atoms with Crippen LogP contribution in [-0.4, -0.2) is 31.0 Å². The maximum atomic E-state index is 11.3. The van der Waals surface area contributed by atoms with E-state index in [2.05, 4.69) is 57.0 Å². The number of nitrogens with one attached hydrogen (secondary N) is 1. The summed E-state index contributed by atoms with van der Waals surface area (Å²) in [5, 5.41) is 19.4. The highest BCUT2D eigenvalue weighted by Gasteiger charge is 2.21. The lowest BCUT2D eigenvalue weighted by atomic mass is 10.2. The van der Waals surface area contributed by atoms with Crippen LogP contribution < -0.4 is 5.32 Å². The average molecular weight is 358 g/mol. The minimum atomic E-state index is -0.256. The second-order valence-electron chi connectivity index (χ2n) is 5.47. The maximum Gasteiger partial charge on any atom is 0.222 e. The van der Waals surface area contributed by atoms with Gasteiger partial charge in [-0.1, -0.05) is 41.6 Å². The van der Waals surface area contributed by atoms with Crippen LogP contribution in [-0.2, 0) is 17.1 Å². The van der Waals surface area contributed by atoms with Crippen molar-refractivity contribution >= 4 is 23.5 Å². The average Bonchev–Trinajstić information content (AvgIpc) is 3.19. The number of thioether (sulfide) groups is 1. The predicted molar refractivity (Wildman–Crippen MR) is 94.0 cm³/mol. The first-order valence-electron chi connectivity index (χ1n) is 7.80. The van der Waals surface area contributed by atoms with Crippen LogP contribution in [0.4, 0.5) is 5.82 Å². The summed E-state index contributed by atoms with van der Waals surface area (Å²) in [6.45, 7) is 6.11. The Bertz CT molecular complexity index is 871. The number of hydrogen-bond acceptors (Lipinski definition) is 7. The lowest BCUT2D eigenvalue weighted by molar-refractivity contribution is -0.114. The molecule has 2 aromatic heterocycles. The van der Waals surface area contributed by atoms with Gasteiger partial charge in [0.25, 0.3) is 0 Å². The van der Waals surface area contributed by atoms with Crippen molar-refractivity contribution in [3.8, 4) is 11.5 Å². The van der Waals surface area contributed by atoms with Gasteiger partial charge in [0, 0.05) is 19.2 Å². The summed E-state index contributed by atoms with van der Waals surface area (Å²) in [4.78, 5) is 11.3. The molecule has 0 atom stereocenters. The van der Waals surface area contributed by atoms with Gasteiger partial charge in [0.15, 0.2) is 16.7 Å². The van der Waals surface area contributed by atoms with E-state index in [1.807, 2.05) is 11.5 Å². The van der Waals surface area contributed by atoms with Crippen LogP contribution in [0.5, 0.6) is 0 Å². The van der Waals surface area contributed by atoms with E-state index in [1.165, 1.54) is 18.1 Å². The first kappa shape index (κ1) is 17.2. The van der Waals surface area contributed by atoms with Crippen molar-refractivity contribution in [1.82, 2.24) is 25.1 Å². The number of benzene rings is 1. The molecule has 0 bridgehead atoms. The minimum Gasteiger partial charge on any atom is -0.306 e. The molecule has 0 unspecified atom stereocenters. The Hall–Kier alpha value is -2.68. The van der Waals surface area contributed by atoms with Gasteiger partial charge in [-0.2, -0.15) is 0 Å². The Labute approximate surface area is 149 Å². The van der Waals surface area contributed by atoms with E-state index < -0.39 is 0 Å². The van der Waals surface area contributed by atoms with Crippen LogP contribution in [0, 0.1) is 6.92 Å². The summed E-state index contributed by atoms with van der Waals surface area (Å²) >= 11 is 1.59. The molecular weight excluding hydrogens is 340 g/mol. The summed E-state index contributed by atoms with van der Waals surface area (Å²) in [6, 6.07) is 8.39. The van der Waals surface area contributed by atoms with Gasteiger partial charge in [-0.25, -0.2) is 4.63 Å². The Morgan fingerprint density at radius 2 is 2.00 bits per heavy atom. The van der Waals surface area contributed by atoms with Crippen molar-refractivity contribution in [1.29, 1.82) is 0 Å². The SMILES string of the molecule is CCn1c(SCc2ccc(C)cc2)nnc1-c1nonc1NC(C)=O. The summed E-state index contributed by atoms with van der Waals surface area (Å²) in [5.41, 5.74) is 2.81. The molecule has 130 valence electrons. The highest BCUT2D eigenvalue weighted by molar-refractivity contribution is 7.98. The van der Waals surface area contributed by atoms with Gasteiger partial charge >= 0.3 is 0 Å². The van der Waals surface area contributed by atoms with E-state index in [4.69, 9.17) is 4.63 Å². The number of rotatable bonds is 6. The standard InChI is InChI=1S/C16H18N6O2S/c1-4-22-15(13-14(17-11(3)23)21-24-20-13)18-19-16(22)25-9-12-7-5-10(2)6-8-12/h5-8H,4,9H2,1-3H3,(H,17,21,23). The van der Waals surface area contributed by atoms with E-state index in [0.717, 1.165) is 10.9 Å². The predicted octanol–water partition coefficient (Wildman–Crippen LogP) is 2.91. The Balaban J connectivity index is 1.82. The lowest BCUT2D eigenvalue weighted by Crippen LogP contribution is -2.08. The Kier molecular flexibility index (Phi) is 5.13. The van der Waals surface area contributed by atoms with E-state index >= 15 is 0 Å². The molecule has 0 fully saturated rings. The Morgan fingerprint density at radius 3 is 2.68 bits per heavy atom. The third kappa shape index (κ3) is 3.87. The largest absolute Gasteiger partial charge is 0.306 e. The topological polar surface area (TPSA) is 98.7 Å². The zero-order valence-corrected chi connectivity index (χ0v) is 15.0. The van der Waals surface area contributed by atoms with Crippen LogP contribution >= 0.6 is 11.8 Å². The van der Waals surface area contributed by atoms with Crippen molar-refractivity contribution in [2.75, 3.05) is 5.32 Å². The lowest BCUT2D eigenvalue weighted by Gasteiger charge is -2.06. The molecule has 1 amide bonds. The molecule has 0 saturated carbocycles. The van der Waals surface area contributed by atoms with Gasteiger partial charge in [-0.05, 0) is 29.7 Å². The fourth-order valence-electron chi connectivity index (χ4n) is 2.27. The van der Waals surface area contributed by atoms with E-state index in [9.17, 15) is 4.79 Å². The van der Waals surface area contributed by atoms with Crippen LogP contribution in [0.3, 0.4) is 0 Å². The van der Waals surface area contributed by atoms with E-state index in [1.54, 1.807) is 11.8 Å². The van der Waals surface area contributed by atoms with E-state index in [-0.39, 0.29) is 11.7 Å².